The van der Waals surface area contributed by atoms with Crippen LogP contribution < -0.4 is 0 Å². The Morgan fingerprint density at radius 2 is 2.32 bits per heavy atom. The Balaban J connectivity index is 2.28. The lowest BCUT2D eigenvalue weighted by Gasteiger charge is -2.19. The molecule has 0 aliphatic carbocycles. The first-order chi connectivity index (χ1) is 9.04. The molecule has 1 aromatic carbocycles. The Morgan fingerprint density at radius 1 is 1.58 bits per heavy atom. The number of carbonyl (C=O) groups excluding carboxylic acids is 1. The summed E-state index contributed by atoms with van der Waals surface area (Å²) in [5, 5.41) is 19.7. The Bertz CT molecular complexity index is 577. The van der Waals surface area contributed by atoms with E-state index < -0.39 is 4.92 Å². The van der Waals surface area contributed by atoms with Gasteiger partial charge in [-0.3, -0.25) is 14.9 Å². The van der Waals surface area contributed by atoms with Gasteiger partial charge in [-0.25, -0.2) is 0 Å². The molecule has 0 saturated carbocycles. The van der Waals surface area contributed by atoms with Crippen LogP contribution in [0.5, 0.6) is 0 Å². The van der Waals surface area contributed by atoms with Gasteiger partial charge in [-0.05, 0) is 31.9 Å². The summed E-state index contributed by atoms with van der Waals surface area (Å²) in [6.07, 6.45) is 1.50. The van der Waals surface area contributed by atoms with E-state index in [1.807, 2.05) is 0 Å². The summed E-state index contributed by atoms with van der Waals surface area (Å²) in [7, 11) is 0. The van der Waals surface area contributed by atoms with E-state index in [1.54, 1.807) is 6.92 Å². The van der Waals surface area contributed by atoms with Crippen molar-refractivity contribution in [1.82, 2.24) is 4.90 Å². The van der Waals surface area contributed by atoms with Gasteiger partial charge in [0.05, 0.1) is 11.0 Å². The fourth-order valence-electron chi connectivity index (χ4n) is 2.30. The van der Waals surface area contributed by atoms with Crippen LogP contribution in [0.1, 0.15) is 28.8 Å². The van der Waals surface area contributed by atoms with Crippen LogP contribution in [-0.2, 0) is 0 Å². The van der Waals surface area contributed by atoms with Gasteiger partial charge in [-0.1, -0.05) is 0 Å². The van der Waals surface area contributed by atoms with Gasteiger partial charge >= 0.3 is 0 Å². The van der Waals surface area contributed by atoms with Crippen molar-refractivity contribution < 1.29 is 9.72 Å². The molecule has 1 aliphatic rings. The molecule has 2 rings (SSSR count). The molecule has 1 aromatic rings. The summed E-state index contributed by atoms with van der Waals surface area (Å²) in [6, 6.07) is 6.00. The number of nitrogens with zero attached hydrogens (tertiary/aromatic N) is 3. The predicted octanol–water partition coefficient (Wildman–Crippen LogP) is 2.03. The quantitative estimate of drug-likeness (QED) is 0.600. The number of nitro benzene ring substituents is 1. The van der Waals surface area contributed by atoms with Crippen molar-refractivity contribution >= 4 is 11.6 Å². The molecule has 1 saturated heterocycles. The smallest absolute Gasteiger partial charge is 0.272 e. The predicted molar refractivity (Wildman–Crippen MR) is 67.5 cm³/mol. The average molecular weight is 259 g/mol. The highest BCUT2D eigenvalue weighted by molar-refractivity contribution is 5.95. The topological polar surface area (TPSA) is 87.2 Å². The van der Waals surface area contributed by atoms with Crippen LogP contribution in [0.3, 0.4) is 0 Å². The first-order valence-corrected chi connectivity index (χ1v) is 6.00. The molecular weight excluding hydrogens is 246 g/mol. The minimum atomic E-state index is -0.475. The number of rotatable bonds is 2. The van der Waals surface area contributed by atoms with Gasteiger partial charge in [0.2, 0.25) is 0 Å². The average Bonchev–Trinajstić information content (AvgIpc) is 2.85. The first-order valence-electron chi connectivity index (χ1n) is 6.00. The minimum Gasteiger partial charge on any atom is -0.323 e. The monoisotopic (exact) mass is 259 g/mol. The van der Waals surface area contributed by atoms with Gasteiger partial charge < -0.3 is 4.90 Å². The Kier molecular flexibility index (Phi) is 3.47. The second-order valence-corrected chi connectivity index (χ2v) is 4.54. The van der Waals surface area contributed by atoms with Gasteiger partial charge in [0.25, 0.3) is 11.6 Å². The molecule has 0 bridgehead atoms. The highest BCUT2D eigenvalue weighted by atomic mass is 16.6. The van der Waals surface area contributed by atoms with Crippen LogP contribution in [0.4, 0.5) is 5.69 Å². The highest BCUT2D eigenvalue weighted by Crippen LogP contribution is 2.23. The molecule has 0 spiro atoms. The maximum absolute atomic E-state index is 12.3. The van der Waals surface area contributed by atoms with E-state index in [-0.39, 0.29) is 17.6 Å². The summed E-state index contributed by atoms with van der Waals surface area (Å²) in [5.41, 5.74) is 0.837. The molecule has 0 radical (unpaired) electrons. The molecule has 6 nitrogen and oxygen atoms in total. The summed E-state index contributed by atoms with van der Waals surface area (Å²) < 4.78 is 0. The molecule has 1 unspecified atom stereocenters. The van der Waals surface area contributed by atoms with Crippen LogP contribution in [0.15, 0.2) is 18.2 Å². The van der Waals surface area contributed by atoms with Crippen molar-refractivity contribution in [3.63, 3.8) is 0 Å². The van der Waals surface area contributed by atoms with Crippen molar-refractivity contribution in [2.75, 3.05) is 6.54 Å². The van der Waals surface area contributed by atoms with Gasteiger partial charge in [0.1, 0.15) is 6.04 Å². The van der Waals surface area contributed by atoms with Crippen LogP contribution in [0, 0.1) is 28.4 Å². The third-order valence-corrected chi connectivity index (χ3v) is 3.30. The molecule has 6 heteroatoms. The molecule has 0 aromatic heterocycles. The van der Waals surface area contributed by atoms with Crippen molar-refractivity contribution in [3.05, 3.63) is 39.4 Å². The first kappa shape index (κ1) is 13.0. The van der Waals surface area contributed by atoms with E-state index in [1.165, 1.54) is 23.1 Å². The Morgan fingerprint density at radius 3 is 2.89 bits per heavy atom. The van der Waals surface area contributed by atoms with E-state index in [2.05, 4.69) is 6.07 Å². The van der Waals surface area contributed by atoms with Gasteiger partial charge in [0.15, 0.2) is 0 Å². The van der Waals surface area contributed by atoms with E-state index in [0.29, 0.717) is 24.1 Å². The molecule has 0 N–H and O–H groups in total. The summed E-state index contributed by atoms with van der Waals surface area (Å²) in [4.78, 5) is 24.0. The number of benzene rings is 1. The maximum Gasteiger partial charge on any atom is 0.272 e. The largest absolute Gasteiger partial charge is 0.323 e. The molecule has 1 atom stereocenters. The fraction of sp³-hybridized carbons (Fsp3) is 0.385. The standard InChI is InChI=1S/C13H13N3O3/c1-9-7-10(4-5-12(9)16(18)19)13(17)15-6-2-3-11(15)8-14/h4-5,7,11H,2-3,6H2,1H3. The maximum atomic E-state index is 12.3. The zero-order valence-electron chi connectivity index (χ0n) is 10.5. The van der Waals surface area contributed by atoms with Crippen LogP contribution in [0.2, 0.25) is 0 Å². The molecule has 1 amide bonds. The van der Waals surface area contributed by atoms with Crippen molar-refractivity contribution in [2.24, 2.45) is 0 Å². The normalized spacial score (nSPS) is 18.1. The van der Waals surface area contributed by atoms with E-state index in [0.717, 1.165) is 6.42 Å². The third-order valence-electron chi connectivity index (χ3n) is 3.30. The number of nitro groups is 1. The van der Waals surface area contributed by atoms with Crippen LogP contribution >= 0.6 is 0 Å². The summed E-state index contributed by atoms with van der Waals surface area (Å²) in [5.74, 6) is -0.234. The van der Waals surface area contributed by atoms with E-state index in [9.17, 15) is 14.9 Å². The number of carbonyl (C=O) groups is 1. The van der Waals surface area contributed by atoms with Crippen LogP contribution in [-0.4, -0.2) is 28.3 Å². The second-order valence-electron chi connectivity index (χ2n) is 4.54. The number of nitriles is 1. The van der Waals surface area contributed by atoms with Gasteiger partial charge in [-0.15, -0.1) is 0 Å². The number of hydrogen-bond donors (Lipinski definition) is 0. The lowest BCUT2D eigenvalue weighted by molar-refractivity contribution is -0.385. The van der Waals surface area contributed by atoms with E-state index >= 15 is 0 Å². The Hall–Kier alpha value is -2.42. The molecule has 98 valence electrons. The number of hydrogen-bond acceptors (Lipinski definition) is 4. The zero-order chi connectivity index (χ0) is 14.0. The number of likely N-dealkylation sites (tertiary alicyclic amines) is 1. The lowest BCUT2D eigenvalue weighted by Crippen LogP contribution is -2.34. The van der Waals surface area contributed by atoms with Crippen molar-refractivity contribution in [1.29, 1.82) is 5.26 Å². The lowest BCUT2D eigenvalue weighted by atomic mass is 10.1. The molecule has 1 aliphatic heterocycles. The SMILES string of the molecule is Cc1cc(C(=O)N2CCCC2C#N)ccc1[N+](=O)[O-]. The highest BCUT2D eigenvalue weighted by Gasteiger charge is 2.29. The summed E-state index contributed by atoms with van der Waals surface area (Å²) in [6.45, 7) is 2.16. The van der Waals surface area contributed by atoms with Crippen molar-refractivity contribution in [2.45, 2.75) is 25.8 Å². The third kappa shape index (κ3) is 2.40. The van der Waals surface area contributed by atoms with Crippen molar-refractivity contribution in [3.8, 4) is 6.07 Å². The fourth-order valence-corrected chi connectivity index (χ4v) is 2.30. The van der Waals surface area contributed by atoms with Crippen LogP contribution in [0.25, 0.3) is 0 Å². The summed E-state index contributed by atoms with van der Waals surface area (Å²) >= 11 is 0. The second kappa shape index (κ2) is 5.06. The minimum absolute atomic E-state index is 0.00481. The Labute approximate surface area is 110 Å². The zero-order valence-corrected chi connectivity index (χ0v) is 10.5. The molecule has 19 heavy (non-hydrogen) atoms. The van der Waals surface area contributed by atoms with Gasteiger partial charge in [0, 0.05) is 23.7 Å². The molecule has 1 heterocycles. The van der Waals surface area contributed by atoms with Gasteiger partial charge in [-0.2, -0.15) is 5.26 Å². The van der Waals surface area contributed by atoms with E-state index in [4.69, 9.17) is 5.26 Å². The molecular formula is C13H13N3O3. The molecule has 1 fully saturated rings. The number of aryl methyl sites for hydroxylation is 1. The number of amides is 1.